The number of fused-ring (bicyclic) bond motifs is 1. The van der Waals surface area contributed by atoms with Crippen LogP contribution in [0.3, 0.4) is 0 Å². The minimum atomic E-state index is -0.0948. The van der Waals surface area contributed by atoms with Gasteiger partial charge in [-0.15, -0.1) is 0 Å². The van der Waals surface area contributed by atoms with Crippen molar-refractivity contribution in [2.24, 2.45) is 0 Å². The number of amides is 1. The number of nitrogens with zero attached hydrogens (tertiary/aromatic N) is 2. The predicted molar refractivity (Wildman–Crippen MR) is 111 cm³/mol. The van der Waals surface area contributed by atoms with Crippen LogP contribution < -0.4 is 10.1 Å². The number of carbonyl (C=O) groups excluding carboxylic acids is 1. The number of rotatable bonds is 6. The summed E-state index contributed by atoms with van der Waals surface area (Å²) in [4.78, 5) is 12.5. The molecule has 0 aliphatic carbocycles. The molecule has 0 radical (unpaired) electrons. The van der Waals surface area contributed by atoms with Crippen LogP contribution in [0.5, 0.6) is 5.75 Å². The van der Waals surface area contributed by atoms with Gasteiger partial charge in [-0.2, -0.15) is 5.10 Å². The van der Waals surface area contributed by atoms with Crippen molar-refractivity contribution in [1.82, 2.24) is 9.78 Å². The van der Waals surface area contributed by atoms with Crippen molar-refractivity contribution in [2.45, 2.75) is 32.1 Å². The SMILES string of the molecule is CCCCOc1ccccc1C1CC(=O)Nc2c1cnn2-c1ccc(Cl)cc1. The summed E-state index contributed by atoms with van der Waals surface area (Å²) in [5.74, 6) is 1.41. The first kappa shape index (κ1) is 18.6. The van der Waals surface area contributed by atoms with E-state index in [1.807, 2.05) is 54.7 Å². The third kappa shape index (κ3) is 3.62. The fraction of sp³-hybridized carbons (Fsp3) is 0.273. The van der Waals surface area contributed by atoms with E-state index in [2.05, 4.69) is 17.3 Å². The van der Waals surface area contributed by atoms with Crippen molar-refractivity contribution in [3.63, 3.8) is 0 Å². The highest BCUT2D eigenvalue weighted by atomic mass is 35.5. The number of nitrogens with one attached hydrogen (secondary N) is 1. The Balaban J connectivity index is 1.73. The maximum atomic E-state index is 12.5. The van der Waals surface area contributed by atoms with Gasteiger partial charge in [-0.3, -0.25) is 4.79 Å². The number of unbranched alkanes of at least 4 members (excludes halogenated alkanes) is 1. The van der Waals surface area contributed by atoms with Gasteiger partial charge in [-0.25, -0.2) is 4.68 Å². The molecule has 1 atom stereocenters. The molecular formula is C22H22ClN3O2. The summed E-state index contributed by atoms with van der Waals surface area (Å²) in [6.07, 6.45) is 4.27. The lowest BCUT2D eigenvalue weighted by Crippen LogP contribution is -2.25. The van der Waals surface area contributed by atoms with E-state index in [9.17, 15) is 4.79 Å². The molecule has 2 heterocycles. The molecule has 1 aliphatic rings. The van der Waals surface area contributed by atoms with Crippen LogP contribution >= 0.6 is 11.6 Å². The number of ether oxygens (including phenoxy) is 1. The Hall–Kier alpha value is -2.79. The molecule has 0 spiro atoms. The number of hydrogen-bond acceptors (Lipinski definition) is 3. The molecule has 3 aromatic rings. The first-order chi connectivity index (χ1) is 13.7. The highest BCUT2D eigenvalue weighted by molar-refractivity contribution is 6.30. The number of aromatic nitrogens is 2. The van der Waals surface area contributed by atoms with Crippen molar-refractivity contribution in [3.05, 3.63) is 70.9 Å². The van der Waals surface area contributed by atoms with Crippen LogP contribution in [-0.4, -0.2) is 22.3 Å². The van der Waals surface area contributed by atoms with Crippen LogP contribution in [0.25, 0.3) is 5.69 Å². The van der Waals surface area contributed by atoms with Crippen LogP contribution in [0.4, 0.5) is 5.82 Å². The third-order valence-corrected chi connectivity index (χ3v) is 5.19. The summed E-state index contributed by atoms with van der Waals surface area (Å²) >= 11 is 6.00. The van der Waals surface area contributed by atoms with Crippen molar-refractivity contribution in [1.29, 1.82) is 0 Å². The van der Waals surface area contributed by atoms with E-state index in [4.69, 9.17) is 16.3 Å². The Morgan fingerprint density at radius 2 is 1.96 bits per heavy atom. The Kier molecular flexibility index (Phi) is 5.35. The second-order valence-corrected chi connectivity index (χ2v) is 7.32. The van der Waals surface area contributed by atoms with Crippen LogP contribution in [0.2, 0.25) is 5.02 Å². The van der Waals surface area contributed by atoms with Gasteiger partial charge in [-0.1, -0.05) is 43.1 Å². The van der Waals surface area contributed by atoms with E-state index in [0.29, 0.717) is 23.9 Å². The molecule has 4 rings (SSSR count). The van der Waals surface area contributed by atoms with E-state index >= 15 is 0 Å². The second-order valence-electron chi connectivity index (χ2n) is 6.88. The summed E-state index contributed by atoms with van der Waals surface area (Å²) in [6, 6.07) is 15.3. The summed E-state index contributed by atoms with van der Waals surface area (Å²) in [6.45, 7) is 2.81. The number of para-hydroxylation sites is 1. The molecule has 0 bridgehead atoms. The molecule has 28 heavy (non-hydrogen) atoms. The van der Waals surface area contributed by atoms with Crippen LogP contribution in [0, 0.1) is 0 Å². The van der Waals surface area contributed by atoms with Gasteiger partial charge >= 0.3 is 0 Å². The third-order valence-electron chi connectivity index (χ3n) is 4.94. The predicted octanol–water partition coefficient (Wildman–Crippen LogP) is 5.18. The maximum Gasteiger partial charge on any atom is 0.226 e. The smallest absolute Gasteiger partial charge is 0.226 e. The average molecular weight is 396 g/mol. The second kappa shape index (κ2) is 8.07. The van der Waals surface area contributed by atoms with E-state index in [-0.39, 0.29) is 11.8 Å². The molecule has 2 aromatic carbocycles. The van der Waals surface area contributed by atoms with Gasteiger partial charge in [0.25, 0.3) is 0 Å². The first-order valence-electron chi connectivity index (χ1n) is 9.52. The number of hydrogen-bond donors (Lipinski definition) is 1. The maximum absolute atomic E-state index is 12.5. The van der Waals surface area contributed by atoms with E-state index < -0.39 is 0 Å². The molecule has 1 amide bonds. The Labute approximate surface area is 169 Å². The van der Waals surface area contributed by atoms with Crippen molar-refractivity contribution >= 4 is 23.3 Å². The van der Waals surface area contributed by atoms with Gasteiger partial charge in [-0.05, 0) is 36.8 Å². The number of halogens is 1. The molecule has 144 valence electrons. The largest absolute Gasteiger partial charge is 0.493 e. The minimum Gasteiger partial charge on any atom is -0.493 e. The van der Waals surface area contributed by atoms with E-state index in [1.54, 1.807) is 4.68 Å². The summed E-state index contributed by atoms with van der Waals surface area (Å²) in [7, 11) is 0. The number of carbonyl (C=O) groups is 1. The Morgan fingerprint density at radius 1 is 1.18 bits per heavy atom. The van der Waals surface area contributed by atoms with Gasteiger partial charge in [0.2, 0.25) is 5.91 Å². The topological polar surface area (TPSA) is 56.1 Å². The molecule has 1 N–H and O–H groups in total. The van der Waals surface area contributed by atoms with Crippen molar-refractivity contribution in [2.75, 3.05) is 11.9 Å². The lowest BCUT2D eigenvalue weighted by molar-refractivity contribution is -0.116. The van der Waals surface area contributed by atoms with E-state index in [1.165, 1.54) is 0 Å². The number of anilines is 1. The Morgan fingerprint density at radius 3 is 2.75 bits per heavy atom. The van der Waals surface area contributed by atoms with Crippen LogP contribution in [0.1, 0.15) is 43.2 Å². The van der Waals surface area contributed by atoms with Gasteiger partial charge in [0, 0.05) is 28.5 Å². The molecular weight excluding hydrogens is 374 g/mol. The van der Waals surface area contributed by atoms with Crippen LogP contribution in [-0.2, 0) is 4.79 Å². The zero-order valence-corrected chi connectivity index (χ0v) is 16.4. The number of benzene rings is 2. The molecule has 5 nitrogen and oxygen atoms in total. The van der Waals surface area contributed by atoms with Gasteiger partial charge < -0.3 is 10.1 Å². The summed E-state index contributed by atoms with van der Waals surface area (Å²) in [5.41, 5.74) is 2.85. The molecule has 1 aliphatic heterocycles. The summed E-state index contributed by atoms with van der Waals surface area (Å²) in [5, 5.41) is 8.17. The molecule has 0 saturated carbocycles. The minimum absolute atomic E-state index is 0.0309. The fourth-order valence-corrected chi connectivity index (χ4v) is 3.63. The molecule has 0 fully saturated rings. The monoisotopic (exact) mass is 395 g/mol. The highest BCUT2D eigenvalue weighted by Crippen LogP contribution is 2.41. The lowest BCUT2D eigenvalue weighted by Gasteiger charge is -2.25. The van der Waals surface area contributed by atoms with Gasteiger partial charge in [0.1, 0.15) is 11.6 Å². The lowest BCUT2D eigenvalue weighted by atomic mass is 9.87. The van der Waals surface area contributed by atoms with Crippen LogP contribution in [0.15, 0.2) is 54.7 Å². The van der Waals surface area contributed by atoms with Gasteiger partial charge in [0.05, 0.1) is 18.5 Å². The zero-order valence-electron chi connectivity index (χ0n) is 15.7. The molecule has 1 unspecified atom stereocenters. The highest BCUT2D eigenvalue weighted by Gasteiger charge is 2.32. The van der Waals surface area contributed by atoms with Crippen molar-refractivity contribution < 1.29 is 9.53 Å². The quantitative estimate of drug-likeness (QED) is 0.585. The van der Waals surface area contributed by atoms with Gasteiger partial charge in [0.15, 0.2) is 0 Å². The molecule has 0 saturated heterocycles. The zero-order chi connectivity index (χ0) is 19.5. The first-order valence-corrected chi connectivity index (χ1v) is 9.90. The average Bonchev–Trinajstić information content (AvgIpc) is 3.12. The molecule has 6 heteroatoms. The summed E-state index contributed by atoms with van der Waals surface area (Å²) < 4.78 is 7.76. The fourth-order valence-electron chi connectivity index (χ4n) is 3.50. The van der Waals surface area contributed by atoms with Crippen molar-refractivity contribution in [3.8, 4) is 11.4 Å². The standard InChI is InChI=1S/C22H22ClN3O2/c1-2-3-12-28-20-7-5-4-6-17(20)18-13-21(27)25-22-19(18)14-24-26(22)16-10-8-15(23)9-11-16/h4-11,14,18H,2-3,12-13H2,1H3,(H,25,27). The normalized spacial score (nSPS) is 15.8. The Bertz CT molecular complexity index is 982. The molecule has 1 aromatic heterocycles. The van der Waals surface area contributed by atoms with E-state index in [0.717, 1.165) is 35.4 Å².